The van der Waals surface area contributed by atoms with Crippen LogP contribution in [-0.4, -0.2) is 74.3 Å². The lowest BCUT2D eigenvalue weighted by Gasteiger charge is -2.44. The van der Waals surface area contributed by atoms with Gasteiger partial charge in [-0.1, -0.05) is 11.6 Å². The molecule has 0 aromatic heterocycles. The Hall–Kier alpha value is -1.01. The van der Waals surface area contributed by atoms with Crippen LogP contribution in [0.4, 0.5) is 11.4 Å². The summed E-state index contributed by atoms with van der Waals surface area (Å²) in [6.45, 7) is 8.73. The summed E-state index contributed by atoms with van der Waals surface area (Å²) in [4.78, 5) is 4.75. The molecule has 0 unspecified atom stereocenters. The van der Waals surface area contributed by atoms with Crippen LogP contribution >= 0.6 is 11.6 Å². The van der Waals surface area contributed by atoms with Crippen LogP contribution < -0.4 is 10.6 Å². The van der Waals surface area contributed by atoms with Gasteiger partial charge in [0.05, 0.1) is 10.7 Å². The second kappa shape index (κ2) is 6.40. The first-order valence-corrected chi connectivity index (χ1v) is 7.99. The number of nitrogen functional groups attached to an aromatic ring is 1. The number of nitrogens with two attached hydrogens (primary N) is 1. The summed E-state index contributed by atoms with van der Waals surface area (Å²) in [6, 6.07) is 5.79. The Morgan fingerprint density at radius 2 is 1.48 bits per heavy atom. The molecule has 2 fully saturated rings. The predicted molar refractivity (Wildman–Crippen MR) is 88.7 cm³/mol. The number of rotatable bonds is 2. The second-order valence-electron chi connectivity index (χ2n) is 5.91. The van der Waals surface area contributed by atoms with Crippen molar-refractivity contribution in [3.05, 3.63) is 23.2 Å². The zero-order chi connectivity index (χ0) is 14.8. The molecule has 0 spiro atoms. The number of piperazine rings is 2. The molecule has 0 atom stereocenters. The van der Waals surface area contributed by atoms with Crippen molar-refractivity contribution in [3.63, 3.8) is 0 Å². The van der Waals surface area contributed by atoms with Crippen molar-refractivity contribution in [1.82, 2.24) is 14.9 Å². The van der Waals surface area contributed by atoms with Gasteiger partial charge < -0.3 is 15.5 Å². The molecule has 21 heavy (non-hydrogen) atoms. The summed E-state index contributed by atoms with van der Waals surface area (Å²) in [7, 11) is 2.19. The SMILES string of the molecule is CN1CCN(N2CCN(c3ccc(N)cc3Cl)CC2)CC1. The fraction of sp³-hybridized carbons (Fsp3) is 0.600. The van der Waals surface area contributed by atoms with Crippen LogP contribution in [0.1, 0.15) is 0 Å². The first kappa shape index (κ1) is 14.9. The minimum absolute atomic E-state index is 0.722. The number of benzene rings is 1. The molecular formula is C15H24ClN5. The summed E-state index contributed by atoms with van der Waals surface area (Å²) >= 11 is 6.31. The summed E-state index contributed by atoms with van der Waals surface area (Å²) < 4.78 is 0. The molecule has 0 amide bonds. The van der Waals surface area contributed by atoms with E-state index in [-0.39, 0.29) is 0 Å². The van der Waals surface area contributed by atoms with E-state index in [1.807, 2.05) is 18.2 Å². The van der Waals surface area contributed by atoms with Crippen LogP contribution in [0.25, 0.3) is 0 Å². The molecule has 6 heteroatoms. The lowest BCUT2D eigenvalue weighted by Crippen LogP contribution is -2.58. The fourth-order valence-electron chi connectivity index (χ4n) is 3.08. The topological polar surface area (TPSA) is 39.0 Å². The summed E-state index contributed by atoms with van der Waals surface area (Å²) in [5.41, 5.74) is 7.59. The molecule has 5 nitrogen and oxygen atoms in total. The lowest BCUT2D eigenvalue weighted by molar-refractivity contribution is -0.0564. The van der Waals surface area contributed by atoms with E-state index in [0.29, 0.717) is 0 Å². The number of hydrogen-bond acceptors (Lipinski definition) is 5. The molecule has 2 saturated heterocycles. The van der Waals surface area contributed by atoms with Gasteiger partial charge in [0.25, 0.3) is 0 Å². The van der Waals surface area contributed by atoms with Gasteiger partial charge >= 0.3 is 0 Å². The molecule has 3 rings (SSSR count). The van der Waals surface area contributed by atoms with Crippen LogP contribution in [0.2, 0.25) is 5.02 Å². The monoisotopic (exact) mass is 309 g/mol. The maximum absolute atomic E-state index is 6.31. The maximum atomic E-state index is 6.31. The average Bonchev–Trinajstić information content (AvgIpc) is 2.48. The van der Waals surface area contributed by atoms with Gasteiger partial charge in [0.15, 0.2) is 0 Å². The molecule has 0 saturated carbocycles. The van der Waals surface area contributed by atoms with Crippen LogP contribution in [0, 0.1) is 0 Å². The lowest BCUT2D eigenvalue weighted by atomic mass is 10.2. The first-order valence-electron chi connectivity index (χ1n) is 7.62. The molecule has 2 aliphatic rings. The summed E-state index contributed by atoms with van der Waals surface area (Å²) in [5, 5.41) is 5.75. The minimum atomic E-state index is 0.722. The molecule has 0 radical (unpaired) electrons. The number of hydrazine groups is 1. The average molecular weight is 310 g/mol. The number of halogens is 1. The van der Waals surface area contributed by atoms with Crippen LogP contribution in [0.5, 0.6) is 0 Å². The first-order chi connectivity index (χ1) is 10.1. The third-order valence-corrected chi connectivity index (χ3v) is 4.75. The van der Waals surface area contributed by atoms with Gasteiger partial charge in [0, 0.05) is 58.0 Å². The Balaban J connectivity index is 1.57. The highest BCUT2D eigenvalue weighted by molar-refractivity contribution is 6.33. The van der Waals surface area contributed by atoms with Crippen LogP contribution in [-0.2, 0) is 0 Å². The molecule has 116 valence electrons. The van der Waals surface area contributed by atoms with Crippen LogP contribution in [0.3, 0.4) is 0 Å². The standard InChI is InChI=1S/C15H24ClN5/c1-18-4-8-20(9-5-18)21-10-6-19(7-11-21)15-3-2-13(17)12-14(15)16/h2-3,12H,4-11,17H2,1H3. The van der Waals surface area contributed by atoms with Crippen molar-refractivity contribution in [2.75, 3.05) is 70.0 Å². The fourth-order valence-corrected chi connectivity index (χ4v) is 3.39. The normalized spacial score (nSPS) is 22.7. The van der Waals surface area contributed by atoms with Gasteiger partial charge in [-0.05, 0) is 25.2 Å². The van der Waals surface area contributed by atoms with E-state index in [9.17, 15) is 0 Å². The van der Waals surface area contributed by atoms with Gasteiger partial charge in [0.2, 0.25) is 0 Å². The third kappa shape index (κ3) is 3.43. The molecule has 2 heterocycles. The molecule has 0 bridgehead atoms. The van der Waals surface area contributed by atoms with Crippen molar-refractivity contribution >= 4 is 23.0 Å². The Morgan fingerprint density at radius 3 is 2.05 bits per heavy atom. The van der Waals surface area contributed by atoms with E-state index in [1.54, 1.807) is 0 Å². The van der Waals surface area contributed by atoms with E-state index in [2.05, 4.69) is 26.9 Å². The number of anilines is 2. The van der Waals surface area contributed by atoms with E-state index in [1.165, 1.54) is 0 Å². The smallest absolute Gasteiger partial charge is 0.0660 e. The minimum Gasteiger partial charge on any atom is -0.399 e. The van der Waals surface area contributed by atoms with Gasteiger partial charge in [-0.15, -0.1) is 0 Å². The van der Waals surface area contributed by atoms with E-state index >= 15 is 0 Å². The zero-order valence-electron chi connectivity index (χ0n) is 12.6. The van der Waals surface area contributed by atoms with Crippen LogP contribution in [0.15, 0.2) is 18.2 Å². The zero-order valence-corrected chi connectivity index (χ0v) is 13.4. The van der Waals surface area contributed by atoms with Gasteiger partial charge in [-0.25, -0.2) is 10.0 Å². The van der Waals surface area contributed by atoms with Gasteiger partial charge in [0.1, 0.15) is 0 Å². The van der Waals surface area contributed by atoms with Crippen molar-refractivity contribution in [2.24, 2.45) is 0 Å². The quantitative estimate of drug-likeness (QED) is 0.831. The summed E-state index contributed by atoms with van der Waals surface area (Å²) in [5.74, 6) is 0. The predicted octanol–water partition coefficient (Wildman–Crippen LogP) is 1.21. The highest BCUT2D eigenvalue weighted by atomic mass is 35.5. The second-order valence-corrected chi connectivity index (χ2v) is 6.32. The Bertz CT molecular complexity index is 479. The van der Waals surface area contributed by atoms with E-state index < -0.39 is 0 Å². The largest absolute Gasteiger partial charge is 0.399 e. The molecule has 2 aliphatic heterocycles. The van der Waals surface area contributed by atoms with E-state index in [0.717, 1.165) is 68.8 Å². The molecule has 1 aromatic rings. The number of likely N-dealkylation sites (N-methyl/N-ethyl adjacent to an activating group) is 1. The number of hydrogen-bond donors (Lipinski definition) is 1. The summed E-state index contributed by atoms with van der Waals surface area (Å²) in [6.07, 6.45) is 0. The van der Waals surface area contributed by atoms with Crippen molar-refractivity contribution < 1.29 is 0 Å². The third-order valence-electron chi connectivity index (χ3n) is 4.45. The Labute approximate surface area is 131 Å². The molecular weight excluding hydrogens is 286 g/mol. The highest BCUT2D eigenvalue weighted by Crippen LogP contribution is 2.28. The van der Waals surface area contributed by atoms with Crippen molar-refractivity contribution in [1.29, 1.82) is 0 Å². The number of nitrogens with zero attached hydrogens (tertiary/aromatic N) is 4. The molecule has 1 aromatic carbocycles. The Kier molecular flexibility index (Phi) is 4.54. The molecule has 0 aliphatic carbocycles. The van der Waals surface area contributed by atoms with Gasteiger partial charge in [-0.2, -0.15) is 0 Å². The van der Waals surface area contributed by atoms with Crippen molar-refractivity contribution in [2.45, 2.75) is 0 Å². The van der Waals surface area contributed by atoms with Gasteiger partial charge in [-0.3, -0.25) is 0 Å². The van der Waals surface area contributed by atoms with Crippen molar-refractivity contribution in [3.8, 4) is 0 Å². The molecule has 2 N–H and O–H groups in total. The maximum Gasteiger partial charge on any atom is 0.0660 e. The van der Waals surface area contributed by atoms with E-state index in [4.69, 9.17) is 17.3 Å². The highest BCUT2D eigenvalue weighted by Gasteiger charge is 2.25. The Morgan fingerprint density at radius 1 is 0.905 bits per heavy atom.